The second-order valence-corrected chi connectivity index (χ2v) is 8.72. The fourth-order valence-corrected chi connectivity index (χ4v) is 4.44. The molecule has 1 aromatic rings. The lowest BCUT2D eigenvalue weighted by Crippen LogP contribution is -2.56. The number of likely N-dealkylation sites (tertiary alicyclic amines) is 1. The molecule has 0 aliphatic carbocycles. The quantitative estimate of drug-likeness (QED) is 0.673. The highest BCUT2D eigenvalue weighted by atomic mass is 16.2. The first-order valence-electron chi connectivity index (χ1n) is 11.3. The van der Waals surface area contributed by atoms with Gasteiger partial charge in [0, 0.05) is 57.7 Å². The Labute approximate surface area is 180 Å². The third-order valence-corrected chi connectivity index (χ3v) is 6.50. The predicted octanol–water partition coefficient (Wildman–Crippen LogP) is 2.81. The predicted molar refractivity (Wildman–Crippen MR) is 118 cm³/mol. The second-order valence-electron chi connectivity index (χ2n) is 8.72. The summed E-state index contributed by atoms with van der Waals surface area (Å²) in [7, 11) is 0. The van der Waals surface area contributed by atoms with Crippen LogP contribution in [0.15, 0.2) is 18.2 Å². The van der Waals surface area contributed by atoms with Crippen LogP contribution in [0.25, 0.3) is 0 Å². The van der Waals surface area contributed by atoms with Gasteiger partial charge in [0.15, 0.2) is 5.78 Å². The van der Waals surface area contributed by atoms with Crippen molar-refractivity contribution in [3.8, 4) is 0 Å². The fraction of sp³-hybridized carbons (Fsp3) is 0.625. The number of hydrogen-bond donors (Lipinski definition) is 0. The largest absolute Gasteiger partial charge is 0.341 e. The van der Waals surface area contributed by atoms with Crippen molar-refractivity contribution in [2.75, 3.05) is 39.3 Å². The van der Waals surface area contributed by atoms with Crippen molar-refractivity contribution in [1.82, 2.24) is 14.7 Å². The summed E-state index contributed by atoms with van der Waals surface area (Å²) in [5.74, 6) is 0.279. The third-order valence-electron chi connectivity index (χ3n) is 6.50. The van der Waals surface area contributed by atoms with Crippen molar-refractivity contribution in [2.45, 2.75) is 58.9 Å². The van der Waals surface area contributed by atoms with Gasteiger partial charge in [-0.15, -0.1) is 0 Å². The number of rotatable bonds is 6. The van der Waals surface area contributed by atoms with Crippen LogP contribution in [0.4, 0.5) is 0 Å². The van der Waals surface area contributed by atoms with Gasteiger partial charge in [-0.25, -0.2) is 0 Å². The standard InChI is InChI=1S/C24H35N3O3/c1-18-7-8-19(2)21(17-18)22(28)9-10-23(29)26-15-13-25(14-16-26)20(3)24(30)27-11-5-4-6-12-27/h7-8,17,20H,4-6,9-16H2,1-3H3. The summed E-state index contributed by atoms with van der Waals surface area (Å²) in [5.41, 5.74) is 2.73. The molecule has 6 nitrogen and oxygen atoms in total. The van der Waals surface area contributed by atoms with E-state index in [9.17, 15) is 14.4 Å². The highest BCUT2D eigenvalue weighted by Crippen LogP contribution is 2.17. The van der Waals surface area contributed by atoms with Crippen LogP contribution in [0.2, 0.25) is 0 Å². The number of nitrogens with zero attached hydrogens (tertiary/aromatic N) is 3. The van der Waals surface area contributed by atoms with Crippen LogP contribution in [-0.2, 0) is 9.59 Å². The molecule has 2 fully saturated rings. The van der Waals surface area contributed by atoms with Gasteiger partial charge < -0.3 is 9.80 Å². The molecule has 0 saturated carbocycles. The van der Waals surface area contributed by atoms with Crippen molar-refractivity contribution >= 4 is 17.6 Å². The summed E-state index contributed by atoms with van der Waals surface area (Å²) >= 11 is 0. The maximum Gasteiger partial charge on any atom is 0.239 e. The van der Waals surface area contributed by atoms with Crippen LogP contribution in [0.5, 0.6) is 0 Å². The Bertz CT molecular complexity index is 778. The number of piperazine rings is 1. The molecule has 6 heteroatoms. The van der Waals surface area contributed by atoms with E-state index in [1.54, 1.807) is 0 Å². The minimum Gasteiger partial charge on any atom is -0.341 e. The van der Waals surface area contributed by atoms with Crippen molar-refractivity contribution in [3.05, 3.63) is 34.9 Å². The van der Waals surface area contributed by atoms with Crippen molar-refractivity contribution in [3.63, 3.8) is 0 Å². The molecule has 3 rings (SSSR count). The number of hydrogen-bond acceptors (Lipinski definition) is 4. The summed E-state index contributed by atoms with van der Waals surface area (Å²) in [6.45, 7) is 10.3. The molecule has 0 bridgehead atoms. The molecular weight excluding hydrogens is 378 g/mol. The van der Waals surface area contributed by atoms with Crippen LogP contribution >= 0.6 is 0 Å². The van der Waals surface area contributed by atoms with E-state index in [1.807, 2.05) is 48.8 Å². The number of amides is 2. The van der Waals surface area contributed by atoms with E-state index in [2.05, 4.69) is 4.90 Å². The zero-order valence-electron chi connectivity index (χ0n) is 18.7. The third kappa shape index (κ3) is 5.48. The zero-order chi connectivity index (χ0) is 21.7. The molecule has 1 atom stereocenters. The molecule has 30 heavy (non-hydrogen) atoms. The molecule has 2 aliphatic heterocycles. The van der Waals surface area contributed by atoms with Gasteiger partial charge in [-0.3, -0.25) is 19.3 Å². The van der Waals surface area contributed by atoms with Crippen molar-refractivity contribution < 1.29 is 14.4 Å². The Hall–Kier alpha value is -2.21. The molecule has 0 aromatic heterocycles. The first-order valence-corrected chi connectivity index (χ1v) is 11.3. The Balaban J connectivity index is 1.45. The summed E-state index contributed by atoms with van der Waals surface area (Å²) in [4.78, 5) is 43.9. The number of aryl methyl sites for hydroxylation is 2. The maximum absolute atomic E-state index is 12.7. The van der Waals surface area contributed by atoms with Gasteiger partial charge >= 0.3 is 0 Å². The van der Waals surface area contributed by atoms with Gasteiger partial charge in [0.25, 0.3) is 0 Å². The lowest BCUT2D eigenvalue weighted by molar-refractivity contribution is -0.139. The number of benzene rings is 1. The Morgan fingerprint density at radius 2 is 1.53 bits per heavy atom. The van der Waals surface area contributed by atoms with Crippen LogP contribution in [0.1, 0.15) is 60.5 Å². The van der Waals surface area contributed by atoms with E-state index in [1.165, 1.54) is 6.42 Å². The molecule has 2 heterocycles. The highest BCUT2D eigenvalue weighted by molar-refractivity contribution is 5.99. The van der Waals surface area contributed by atoms with E-state index in [-0.39, 0.29) is 36.5 Å². The topological polar surface area (TPSA) is 60.9 Å². The van der Waals surface area contributed by atoms with Crippen LogP contribution in [0.3, 0.4) is 0 Å². The van der Waals surface area contributed by atoms with Crippen LogP contribution in [-0.4, -0.2) is 77.6 Å². The lowest BCUT2D eigenvalue weighted by atomic mass is 9.99. The number of ketones is 1. The molecule has 2 aliphatic rings. The lowest BCUT2D eigenvalue weighted by Gasteiger charge is -2.39. The molecule has 0 spiro atoms. The Morgan fingerprint density at radius 1 is 0.867 bits per heavy atom. The number of carbonyl (C=O) groups is 3. The highest BCUT2D eigenvalue weighted by Gasteiger charge is 2.30. The van der Waals surface area contributed by atoms with E-state index in [0.717, 1.165) is 42.6 Å². The molecule has 0 N–H and O–H groups in total. The molecule has 0 radical (unpaired) electrons. The van der Waals surface area contributed by atoms with E-state index in [4.69, 9.17) is 0 Å². The van der Waals surface area contributed by atoms with Gasteiger partial charge in [-0.2, -0.15) is 0 Å². The van der Waals surface area contributed by atoms with Gasteiger partial charge in [-0.1, -0.05) is 17.7 Å². The average molecular weight is 414 g/mol. The number of Topliss-reactive ketones (excluding diaryl/α,β-unsaturated/α-hetero) is 1. The average Bonchev–Trinajstić information content (AvgIpc) is 2.78. The molecular formula is C24H35N3O3. The smallest absolute Gasteiger partial charge is 0.239 e. The van der Waals surface area contributed by atoms with Gasteiger partial charge in [0.05, 0.1) is 6.04 Å². The monoisotopic (exact) mass is 413 g/mol. The normalized spacial score (nSPS) is 18.9. The number of carbonyl (C=O) groups excluding carboxylic acids is 3. The molecule has 1 unspecified atom stereocenters. The minimum absolute atomic E-state index is 0.0308. The Morgan fingerprint density at radius 3 is 2.20 bits per heavy atom. The van der Waals surface area contributed by atoms with Crippen molar-refractivity contribution in [1.29, 1.82) is 0 Å². The maximum atomic E-state index is 12.7. The van der Waals surface area contributed by atoms with Crippen LogP contribution in [0, 0.1) is 13.8 Å². The van der Waals surface area contributed by atoms with Crippen molar-refractivity contribution in [2.24, 2.45) is 0 Å². The van der Waals surface area contributed by atoms with Gasteiger partial charge in [0.1, 0.15) is 0 Å². The number of piperidine rings is 1. The molecule has 2 saturated heterocycles. The fourth-order valence-electron chi connectivity index (χ4n) is 4.44. The van der Waals surface area contributed by atoms with E-state index >= 15 is 0 Å². The van der Waals surface area contributed by atoms with Crippen LogP contribution < -0.4 is 0 Å². The van der Waals surface area contributed by atoms with Gasteiger partial charge in [0.2, 0.25) is 11.8 Å². The van der Waals surface area contributed by atoms with E-state index < -0.39 is 0 Å². The summed E-state index contributed by atoms with van der Waals surface area (Å²) in [6.07, 6.45) is 3.90. The SMILES string of the molecule is Cc1ccc(C)c(C(=O)CCC(=O)N2CCN(C(C)C(=O)N3CCCCC3)CC2)c1. The first-order chi connectivity index (χ1) is 14.4. The Kier molecular flexibility index (Phi) is 7.64. The second kappa shape index (κ2) is 10.2. The summed E-state index contributed by atoms with van der Waals surface area (Å²) in [5, 5.41) is 0. The zero-order valence-corrected chi connectivity index (χ0v) is 18.7. The molecule has 2 amide bonds. The molecule has 164 valence electrons. The van der Waals surface area contributed by atoms with Gasteiger partial charge in [-0.05, 0) is 51.7 Å². The van der Waals surface area contributed by atoms with E-state index in [0.29, 0.717) is 26.2 Å². The minimum atomic E-state index is -0.133. The summed E-state index contributed by atoms with van der Waals surface area (Å²) < 4.78 is 0. The summed E-state index contributed by atoms with van der Waals surface area (Å²) in [6, 6.07) is 5.72. The first kappa shape index (κ1) is 22.5. The molecule has 1 aromatic carbocycles.